The quantitative estimate of drug-likeness (QED) is 0.754. The maximum absolute atomic E-state index is 13.4. The second kappa shape index (κ2) is 7.51. The van der Waals surface area contributed by atoms with Gasteiger partial charge in [0.1, 0.15) is 17.7 Å². The Morgan fingerprint density at radius 2 is 2.00 bits per heavy atom. The van der Waals surface area contributed by atoms with Gasteiger partial charge in [-0.2, -0.15) is 13.2 Å². The van der Waals surface area contributed by atoms with E-state index in [4.69, 9.17) is 11.6 Å². The van der Waals surface area contributed by atoms with Crippen molar-refractivity contribution in [3.8, 4) is 0 Å². The van der Waals surface area contributed by atoms with Crippen molar-refractivity contribution in [1.82, 2.24) is 10.3 Å². The molecule has 3 rings (SSSR count). The van der Waals surface area contributed by atoms with E-state index in [1.165, 1.54) is 26.1 Å². The minimum Gasteiger partial charge on any atom is -0.335 e. The maximum atomic E-state index is 13.4. The summed E-state index contributed by atoms with van der Waals surface area (Å²) in [5.74, 6) is -1.57. The molecule has 1 atom stereocenters. The molecule has 154 valence electrons. The Balaban J connectivity index is 1.95. The van der Waals surface area contributed by atoms with Crippen LogP contribution in [0.2, 0.25) is 5.02 Å². The minimum atomic E-state index is -4.64. The second-order valence-corrected chi connectivity index (χ2v) is 6.83. The molecule has 6 nitrogen and oxygen atoms in total. The lowest BCUT2D eigenvalue weighted by Crippen LogP contribution is -2.47. The average molecular weight is 431 g/mol. The maximum Gasteiger partial charge on any atom is 0.416 e. The Morgan fingerprint density at radius 3 is 2.62 bits per heavy atom. The third kappa shape index (κ3) is 4.12. The Hall–Kier alpha value is -2.88. The van der Waals surface area contributed by atoms with Crippen molar-refractivity contribution in [3.05, 3.63) is 52.4 Å². The first-order chi connectivity index (χ1) is 13.5. The zero-order valence-electron chi connectivity index (χ0n) is 15.2. The SMILES string of the molecule is Cc1cc(C(F)(F)F)cc(N2C(=O)NCC2C(=O)N(C)c2ccc(F)c(Cl)c2)n1. The van der Waals surface area contributed by atoms with Gasteiger partial charge in [-0.05, 0) is 37.3 Å². The fraction of sp³-hybridized carbons (Fsp3) is 0.278. The van der Waals surface area contributed by atoms with E-state index >= 15 is 0 Å². The van der Waals surface area contributed by atoms with Crippen molar-refractivity contribution in [2.45, 2.75) is 19.1 Å². The van der Waals surface area contributed by atoms with Gasteiger partial charge < -0.3 is 10.2 Å². The highest BCUT2D eigenvalue weighted by molar-refractivity contribution is 6.31. The monoisotopic (exact) mass is 430 g/mol. The van der Waals surface area contributed by atoms with Gasteiger partial charge in [0.2, 0.25) is 0 Å². The van der Waals surface area contributed by atoms with Crippen LogP contribution < -0.4 is 15.1 Å². The summed E-state index contributed by atoms with van der Waals surface area (Å²) < 4.78 is 52.8. The van der Waals surface area contributed by atoms with E-state index in [0.717, 1.165) is 21.9 Å². The van der Waals surface area contributed by atoms with E-state index in [-0.39, 0.29) is 28.8 Å². The van der Waals surface area contributed by atoms with Crippen LogP contribution in [0.15, 0.2) is 30.3 Å². The summed E-state index contributed by atoms with van der Waals surface area (Å²) in [6.07, 6.45) is -4.64. The van der Waals surface area contributed by atoms with Gasteiger partial charge >= 0.3 is 12.2 Å². The average Bonchev–Trinajstić information content (AvgIpc) is 3.03. The van der Waals surface area contributed by atoms with Gasteiger partial charge in [-0.25, -0.2) is 14.2 Å². The first kappa shape index (κ1) is 20.8. The lowest BCUT2D eigenvalue weighted by Gasteiger charge is -2.27. The molecule has 0 spiro atoms. The second-order valence-electron chi connectivity index (χ2n) is 6.42. The van der Waals surface area contributed by atoms with Crippen LogP contribution in [0, 0.1) is 12.7 Å². The molecule has 2 aromatic rings. The third-order valence-corrected chi connectivity index (χ3v) is 4.69. The number of urea groups is 1. The van der Waals surface area contributed by atoms with Crippen LogP contribution in [-0.2, 0) is 11.0 Å². The largest absolute Gasteiger partial charge is 0.416 e. The van der Waals surface area contributed by atoms with Crippen LogP contribution in [-0.4, -0.2) is 36.6 Å². The van der Waals surface area contributed by atoms with Gasteiger partial charge in [0.15, 0.2) is 0 Å². The predicted molar refractivity (Wildman–Crippen MR) is 98.5 cm³/mol. The van der Waals surface area contributed by atoms with Crippen LogP contribution in [0.1, 0.15) is 11.3 Å². The van der Waals surface area contributed by atoms with E-state index in [1.807, 2.05) is 0 Å². The molecule has 0 aliphatic carbocycles. The first-order valence-corrected chi connectivity index (χ1v) is 8.72. The Morgan fingerprint density at radius 1 is 1.31 bits per heavy atom. The molecule has 1 aliphatic rings. The Labute approximate surface area is 168 Å². The van der Waals surface area contributed by atoms with Gasteiger partial charge in [0.25, 0.3) is 5.91 Å². The Kier molecular flexibility index (Phi) is 5.40. The number of alkyl halides is 3. The number of amides is 3. The summed E-state index contributed by atoms with van der Waals surface area (Å²) >= 11 is 5.74. The van der Waals surface area contributed by atoms with Crippen molar-refractivity contribution >= 4 is 35.0 Å². The molecule has 0 radical (unpaired) electrons. The topological polar surface area (TPSA) is 65.5 Å². The molecular formula is C18H15ClF4N4O2. The number of hydrogen-bond acceptors (Lipinski definition) is 3. The van der Waals surface area contributed by atoms with Crippen molar-refractivity contribution in [2.24, 2.45) is 0 Å². The summed E-state index contributed by atoms with van der Waals surface area (Å²) in [6, 6.07) is 3.30. The van der Waals surface area contributed by atoms with E-state index in [9.17, 15) is 27.2 Å². The number of likely N-dealkylation sites (N-methyl/N-ethyl adjacent to an activating group) is 1. The molecule has 1 aromatic heterocycles. The fourth-order valence-corrected chi connectivity index (χ4v) is 3.12. The number of hydrogen-bond donors (Lipinski definition) is 1. The summed E-state index contributed by atoms with van der Waals surface area (Å²) in [5.41, 5.74) is -0.683. The molecule has 11 heteroatoms. The predicted octanol–water partition coefficient (Wildman–Crippen LogP) is 3.76. The third-order valence-electron chi connectivity index (χ3n) is 4.40. The standard InChI is InChI=1S/C18H15ClF4N4O2/c1-9-5-10(18(21,22)23)6-15(25-9)27-14(8-24-17(27)29)16(28)26(2)11-3-4-13(20)12(19)7-11/h3-7,14H,8H2,1-2H3,(H,24,29). The molecule has 2 heterocycles. The number of carbonyl (C=O) groups excluding carboxylic acids is 2. The first-order valence-electron chi connectivity index (χ1n) is 8.34. The number of nitrogens with zero attached hydrogens (tertiary/aromatic N) is 3. The van der Waals surface area contributed by atoms with Gasteiger partial charge in [0.05, 0.1) is 10.6 Å². The highest BCUT2D eigenvalue weighted by Gasteiger charge is 2.41. The van der Waals surface area contributed by atoms with Crippen LogP contribution >= 0.6 is 11.6 Å². The highest BCUT2D eigenvalue weighted by atomic mass is 35.5. The number of aryl methyl sites for hydroxylation is 1. The molecule has 1 aliphatic heterocycles. The lowest BCUT2D eigenvalue weighted by molar-refractivity contribution is -0.137. The highest BCUT2D eigenvalue weighted by Crippen LogP contribution is 2.33. The summed E-state index contributed by atoms with van der Waals surface area (Å²) in [4.78, 5) is 31.2. The normalized spacial score (nSPS) is 16.7. The van der Waals surface area contributed by atoms with E-state index < -0.39 is 35.5 Å². The summed E-state index contributed by atoms with van der Waals surface area (Å²) in [5, 5.41) is 2.24. The van der Waals surface area contributed by atoms with Crippen molar-refractivity contribution in [1.29, 1.82) is 0 Å². The fourth-order valence-electron chi connectivity index (χ4n) is 2.95. The molecule has 1 unspecified atom stereocenters. The summed E-state index contributed by atoms with van der Waals surface area (Å²) in [6.45, 7) is 1.23. The minimum absolute atomic E-state index is 0.0411. The smallest absolute Gasteiger partial charge is 0.335 e. The van der Waals surface area contributed by atoms with Gasteiger partial charge in [0, 0.05) is 25.0 Å². The van der Waals surface area contributed by atoms with Crippen LogP contribution in [0.4, 0.5) is 33.9 Å². The number of aromatic nitrogens is 1. The Bertz CT molecular complexity index is 983. The molecular weight excluding hydrogens is 416 g/mol. The molecule has 0 bridgehead atoms. The number of pyridine rings is 1. The number of anilines is 2. The number of halogens is 5. The molecule has 29 heavy (non-hydrogen) atoms. The van der Waals surface area contributed by atoms with Crippen LogP contribution in [0.3, 0.4) is 0 Å². The van der Waals surface area contributed by atoms with E-state index in [2.05, 4.69) is 10.3 Å². The zero-order chi connectivity index (χ0) is 21.5. The van der Waals surface area contributed by atoms with Crippen LogP contribution in [0.25, 0.3) is 0 Å². The summed E-state index contributed by atoms with van der Waals surface area (Å²) in [7, 11) is 1.39. The van der Waals surface area contributed by atoms with Gasteiger partial charge in [-0.15, -0.1) is 0 Å². The number of nitrogens with one attached hydrogen (secondary N) is 1. The lowest BCUT2D eigenvalue weighted by atomic mass is 10.2. The van der Waals surface area contributed by atoms with Crippen molar-refractivity contribution < 1.29 is 27.2 Å². The van der Waals surface area contributed by atoms with Crippen molar-refractivity contribution in [3.63, 3.8) is 0 Å². The number of rotatable bonds is 3. The van der Waals surface area contributed by atoms with Gasteiger partial charge in [-0.3, -0.25) is 9.69 Å². The molecule has 1 saturated heterocycles. The molecule has 1 fully saturated rings. The van der Waals surface area contributed by atoms with Crippen LogP contribution in [0.5, 0.6) is 0 Å². The zero-order valence-corrected chi connectivity index (χ0v) is 16.0. The molecule has 1 aromatic carbocycles. The molecule has 3 amide bonds. The van der Waals surface area contributed by atoms with Crippen molar-refractivity contribution in [2.75, 3.05) is 23.4 Å². The molecule has 0 saturated carbocycles. The van der Waals surface area contributed by atoms with Gasteiger partial charge in [-0.1, -0.05) is 11.6 Å². The van der Waals surface area contributed by atoms with E-state index in [1.54, 1.807) is 0 Å². The number of benzene rings is 1. The molecule has 1 N–H and O–H groups in total. The number of carbonyl (C=O) groups is 2. The van der Waals surface area contributed by atoms with E-state index in [0.29, 0.717) is 6.07 Å².